The highest BCUT2D eigenvalue weighted by molar-refractivity contribution is 6.36. The number of alkyl halides is 6. The smallest absolute Gasteiger partial charge is 0.411 e. The van der Waals surface area contributed by atoms with Crippen LogP contribution in [0.3, 0.4) is 0 Å². The SMILES string of the molecule is CCC(C)(C)c1cc(C(c2ccc(O)c(N3C(=O)c4ccc(Oc5ccc6c(c5)C(=O)N(C(C)(CC)C(C)(CC)c5cccc(Oc7cccc(Oc8cccc(N9C(=O)c%10ccc(Oc%11ccc%12c(c%11)C(=O)N(C(C)(C)CC)C%12=O)cc%10C9=O)c8)c7)c5)C6=O)cc4C3=O)c2)(C(F)(F)F)C(F)(F)F)ccc1O. The molecule has 0 radical (unpaired) electrons. The third-order valence-electron chi connectivity index (χ3n) is 21.8. The molecule has 4 aliphatic rings. The summed E-state index contributed by atoms with van der Waals surface area (Å²) in [4.78, 5) is 116. The number of anilines is 2. The van der Waals surface area contributed by atoms with Crippen molar-refractivity contribution in [2.24, 2.45) is 0 Å². The molecule has 0 bridgehead atoms. The molecular weight excluding hydrogens is 1390 g/mol. The normalized spacial score (nSPS) is 15.7. The summed E-state index contributed by atoms with van der Waals surface area (Å²) >= 11 is 0. The summed E-state index contributed by atoms with van der Waals surface area (Å²) in [5.41, 5.74) is -11.9. The molecule has 0 fully saturated rings. The van der Waals surface area contributed by atoms with Crippen molar-refractivity contribution in [2.45, 2.75) is 135 Å². The summed E-state index contributed by atoms with van der Waals surface area (Å²) in [6, 6.07) is 40.1. The zero-order valence-electron chi connectivity index (χ0n) is 59.5. The van der Waals surface area contributed by atoms with Crippen molar-refractivity contribution in [2.75, 3.05) is 9.80 Å². The highest BCUT2D eigenvalue weighted by atomic mass is 19.4. The van der Waals surface area contributed by atoms with Gasteiger partial charge in [0.25, 0.3) is 47.3 Å². The maximum atomic E-state index is 15.6. The Morgan fingerprint density at radius 1 is 0.336 bits per heavy atom. The third-order valence-corrected chi connectivity index (χ3v) is 21.8. The van der Waals surface area contributed by atoms with Crippen LogP contribution >= 0.6 is 0 Å². The van der Waals surface area contributed by atoms with Gasteiger partial charge in [0.1, 0.15) is 57.5 Å². The number of aromatic hydroxyl groups is 2. The van der Waals surface area contributed by atoms with Crippen LogP contribution in [0.25, 0.3) is 0 Å². The molecule has 2 unspecified atom stereocenters. The lowest BCUT2D eigenvalue weighted by atomic mass is 9.63. The number of imide groups is 4. The molecule has 0 saturated carbocycles. The number of carbonyl (C=O) groups is 8. The van der Waals surface area contributed by atoms with Gasteiger partial charge in [-0.25, -0.2) is 9.80 Å². The fourth-order valence-corrected chi connectivity index (χ4v) is 14.6. The first-order valence-electron chi connectivity index (χ1n) is 34.4. The Bertz CT molecular complexity index is 5280. The average molecular weight is 1460 g/mol. The topological polar surface area (TPSA) is 227 Å². The van der Waals surface area contributed by atoms with Gasteiger partial charge in [0.15, 0.2) is 0 Å². The number of phenolic OH excluding ortho intramolecular Hbond substituents is 2. The van der Waals surface area contributed by atoms with Crippen molar-refractivity contribution < 1.29 is 93.9 Å². The molecule has 2 N–H and O–H groups in total. The second-order valence-corrected chi connectivity index (χ2v) is 28.4. The van der Waals surface area contributed by atoms with Crippen molar-refractivity contribution in [3.05, 3.63) is 249 Å². The Morgan fingerprint density at radius 3 is 1.20 bits per heavy atom. The van der Waals surface area contributed by atoms with E-state index in [9.17, 15) is 48.6 Å². The van der Waals surface area contributed by atoms with Crippen LogP contribution in [0.1, 0.15) is 200 Å². The van der Waals surface area contributed by atoms with Gasteiger partial charge in [-0.1, -0.05) is 84.9 Å². The van der Waals surface area contributed by atoms with Crippen molar-refractivity contribution in [1.82, 2.24) is 9.80 Å². The van der Waals surface area contributed by atoms with Gasteiger partial charge < -0.3 is 29.2 Å². The van der Waals surface area contributed by atoms with Crippen LogP contribution in [-0.2, 0) is 16.2 Å². The zero-order chi connectivity index (χ0) is 77.2. The Labute approximate surface area is 610 Å². The summed E-state index contributed by atoms with van der Waals surface area (Å²) in [6.45, 7) is 17.8. The van der Waals surface area contributed by atoms with Crippen LogP contribution in [-0.4, -0.2) is 90.7 Å². The Morgan fingerprint density at radius 2 is 0.720 bits per heavy atom. The number of hydrogen-bond acceptors (Lipinski definition) is 14. The van der Waals surface area contributed by atoms with E-state index in [0.717, 1.165) is 23.1 Å². The summed E-state index contributed by atoms with van der Waals surface area (Å²) in [5, 5.41) is 21.8. The molecule has 24 heteroatoms. The first-order chi connectivity index (χ1) is 50.5. The number of phenols is 2. The van der Waals surface area contributed by atoms with Gasteiger partial charge in [0.05, 0.1) is 61.4 Å². The molecular formula is C83H70F6N4O14. The minimum absolute atomic E-state index is 0.00620. The van der Waals surface area contributed by atoms with Crippen LogP contribution in [0.15, 0.2) is 182 Å². The Hall–Kier alpha value is -12.1. The Kier molecular flexibility index (Phi) is 17.9. The molecule has 0 aromatic heterocycles. The molecule has 0 spiro atoms. The predicted octanol–water partition coefficient (Wildman–Crippen LogP) is 18.9. The first kappa shape index (κ1) is 73.2. The summed E-state index contributed by atoms with van der Waals surface area (Å²) < 4.78 is 118. The minimum atomic E-state index is -6.13. The van der Waals surface area contributed by atoms with E-state index in [1.165, 1.54) is 78.2 Å². The molecule has 8 amide bonds. The summed E-state index contributed by atoms with van der Waals surface area (Å²) in [5.74, 6) is -5.53. The van der Waals surface area contributed by atoms with Gasteiger partial charge in [0, 0.05) is 23.1 Å². The molecule has 0 aliphatic carbocycles. The minimum Gasteiger partial charge on any atom is -0.508 e. The standard InChI is InChI=1S/C83H70F6N4O14/c1-11-77(5,6)65-37-46(24-34-67(65)94)81(82(84,85)86,83(87,88)89)47-25-35-68(95)66(38-47)91-70(97)58-31-27-54(42-62(58)72(91)99)107-56-29-33-60-64(44-56)76(103)93(74(60)101)80(10,14-4)79(9,13-3)45-18-15-20-49(36-45)104-51-22-17-23-52(40-51)105-50-21-16-19-48(39-50)90-69(96)57-30-26-53(41-61(57)71(90)98)106-55-28-32-59-63(43-55)75(102)92(73(59)100)78(7,8)12-2/h15-44,94-95H,11-14H2,1-10H3. The highest BCUT2D eigenvalue weighted by Gasteiger charge is 2.73. The van der Waals surface area contributed by atoms with E-state index in [-0.39, 0.29) is 96.7 Å². The summed E-state index contributed by atoms with van der Waals surface area (Å²) in [7, 11) is 0. The van der Waals surface area contributed by atoms with Gasteiger partial charge in [-0.3, -0.25) is 48.2 Å². The number of nitrogens with zero attached hydrogens (tertiary/aromatic N) is 4. The second-order valence-electron chi connectivity index (χ2n) is 28.4. The van der Waals surface area contributed by atoms with E-state index in [1.807, 2.05) is 60.6 Å². The number of carbonyl (C=O) groups excluding carboxylic acids is 8. The second kappa shape index (κ2) is 26.2. The Balaban J connectivity index is 0.689. The first-order valence-corrected chi connectivity index (χ1v) is 34.4. The fourth-order valence-electron chi connectivity index (χ4n) is 14.6. The number of rotatable bonds is 21. The number of benzene rings is 9. The molecule has 13 rings (SSSR count). The van der Waals surface area contributed by atoms with Gasteiger partial charge in [-0.15, -0.1) is 0 Å². The molecule has 9 aromatic carbocycles. The molecule has 0 saturated heterocycles. The van der Waals surface area contributed by atoms with Gasteiger partial charge in [-0.05, 0) is 208 Å². The van der Waals surface area contributed by atoms with Gasteiger partial charge >= 0.3 is 12.4 Å². The predicted molar refractivity (Wildman–Crippen MR) is 382 cm³/mol. The number of ether oxygens (including phenoxy) is 4. The van der Waals surface area contributed by atoms with E-state index >= 15 is 26.3 Å². The van der Waals surface area contributed by atoms with E-state index < -0.39 is 121 Å². The fraction of sp³-hybridized carbons (Fsp3) is 0.253. The lowest BCUT2D eigenvalue weighted by molar-refractivity contribution is -0.288. The van der Waals surface area contributed by atoms with E-state index in [2.05, 4.69) is 0 Å². The third kappa shape index (κ3) is 11.8. The van der Waals surface area contributed by atoms with Crippen LogP contribution in [0.2, 0.25) is 0 Å². The number of fused-ring (bicyclic) bond motifs is 4. The molecule has 107 heavy (non-hydrogen) atoms. The number of amides is 8. The van der Waals surface area contributed by atoms with E-state index in [4.69, 9.17) is 18.9 Å². The number of halogens is 6. The lowest BCUT2D eigenvalue weighted by Crippen LogP contribution is -2.60. The maximum absolute atomic E-state index is 15.6. The highest BCUT2D eigenvalue weighted by Crippen LogP contribution is 2.59. The van der Waals surface area contributed by atoms with Crippen molar-refractivity contribution in [3.8, 4) is 57.5 Å². The largest absolute Gasteiger partial charge is 0.508 e. The maximum Gasteiger partial charge on any atom is 0.411 e. The van der Waals surface area contributed by atoms with Crippen LogP contribution in [0, 0.1) is 0 Å². The molecule has 18 nitrogen and oxygen atoms in total. The zero-order valence-corrected chi connectivity index (χ0v) is 59.5. The van der Waals surface area contributed by atoms with E-state index in [1.54, 1.807) is 73.7 Å². The van der Waals surface area contributed by atoms with Gasteiger partial charge in [0.2, 0.25) is 5.41 Å². The van der Waals surface area contributed by atoms with E-state index in [0.29, 0.717) is 66.0 Å². The van der Waals surface area contributed by atoms with Crippen LogP contribution in [0.4, 0.5) is 37.7 Å². The van der Waals surface area contributed by atoms with Crippen molar-refractivity contribution >= 4 is 58.6 Å². The van der Waals surface area contributed by atoms with Gasteiger partial charge in [-0.2, -0.15) is 26.3 Å². The molecule has 9 aromatic rings. The summed E-state index contributed by atoms with van der Waals surface area (Å²) in [6.07, 6.45) is -10.8. The average Bonchev–Trinajstić information content (AvgIpc) is 1.56. The molecule has 4 aliphatic heterocycles. The lowest BCUT2D eigenvalue weighted by Gasteiger charge is -2.50. The monoisotopic (exact) mass is 1460 g/mol. The van der Waals surface area contributed by atoms with Crippen LogP contribution < -0.4 is 28.7 Å². The van der Waals surface area contributed by atoms with Crippen molar-refractivity contribution in [3.63, 3.8) is 0 Å². The molecule has 4 heterocycles. The molecule has 548 valence electrons. The quantitative estimate of drug-likeness (QED) is 0.0504. The number of hydrogen-bond donors (Lipinski definition) is 2. The van der Waals surface area contributed by atoms with Crippen LogP contribution in [0.5, 0.6) is 57.5 Å². The molecule has 2 atom stereocenters. The van der Waals surface area contributed by atoms with Crippen molar-refractivity contribution in [1.29, 1.82) is 0 Å².